The molecule has 0 aliphatic heterocycles. The summed E-state index contributed by atoms with van der Waals surface area (Å²) in [5.41, 5.74) is 3.24. The highest BCUT2D eigenvalue weighted by Gasteiger charge is 2.54. The molecule has 0 aromatic carbocycles. The van der Waals surface area contributed by atoms with Gasteiger partial charge in [0.1, 0.15) is 0 Å². The van der Waals surface area contributed by atoms with Crippen LogP contribution in [0.4, 0.5) is 0 Å². The Morgan fingerprint density at radius 1 is 1.37 bits per heavy atom. The molecule has 4 aliphatic carbocycles. The first-order chi connectivity index (χ1) is 12.9. The molecular formula is C24H32O3. The van der Waals surface area contributed by atoms with E-state index in [1.807, 2.05) is 12.2 Å². The number of ketones is 1. The topological polar surface area (TPSA) is 57.5 Å². The van der Waals surface area contributed by atoms with Gasteiger partial charge in [-0.05, 0) is 99.0 Å². The minimum Gasteiger partial charge on any atom is -0.368 e. The Labute approximate surface area is 162 Å². The zero-order valence-corrected chi connectivity index (χ0v) is 16.4. The fourth-order valence-electron chi connectivity index (χ4n) is 6.98. The number of terminal acetylenes is 1. The molecule has 146 valence electrons. The van der Waals surface area contributed by atoms with Crippen molar-refractivity contribution >= 4 is 5.78 Å². The molecule has 0 aromatic heterocycles. The van der Waals surface area contributed by atoms with Gasteiger partial charge in [-0.15, -0.1) is 6.42 Å². The van der Waals surface area contributed by atoms with Crippen LogP contribution < -0.4 is 0 Å². The van der Waals surface area contributed by atoms with Crippen LogP contribution in [-0.4, -0.2) is 22.3 Å². The molecule has 0 aromatic rings. The number of allylic oxidation sites excluding steroid dienone is 3. The summed E-state index contributed by atoms with van der Waals surface area (Å²) < 4.78 is 0. The van der Waals surface area contributed by atoms with Crippen molar-refractivity contribution in [2.24, 2.45) is 35.0 Å². The quantitative estimate of drug-likeness (QED) is 0.585. The number of hydrogen-bond acceptors (Lipinski definition) is 3. The van der Waals surface area contributed by atoms with Crippen LogP contribution in [-0.2, 0) is 4.79 Å². The molecule has 4 aliphatic rings. The third-order valence-corrected chi connectivity index (χ3v) is 8.21. The maximum absolute atomic E-state index is 12.5. The van der Waals surface area contributed by atoms with Crippen molar-refractivity contribution in [3.63, 3.8) is 0 Å². The molecule has 27 heavy (non-hydrogen) atoms. The first kappa shape index (κ1) is 19.0. The van der Waals surface area contributed by atoms with Gasteiger partial charge in [0.05, 0.1) is 0 Å². The molecule has 0 heterocycles. The molecule has 3 nitrogen and oxygen atoms in total. The lowest BCUT2D eigenvalue weighted by atomic mass is 9.52. The van der Waals surface area contributed by atoms with Crippen molar-refractivity contribution in [3.8, 4) is 12.3 Å². The Morgan fingerprint density at radius 3 is 2.93 bits per heavy atom. The lowest BCUT2D eigenvalue weighted by molar-refractivity contribution is -0.121. The minimum atomic E-state index is -1.31. The largest absolute Gasteiger partial charge is 0.368 e. The molecule has 3 saturated carbocycles. The van der Waals surface area contributed by atoms with Crippen molar-refractivity contribution in [1.29, 1.82) is 0 Å². The molecule has 6 atom stereocenters. The van der Waals surface area contributed by atoms with Crippen LogP contribution in [0, 0.1) is 47.3 Å². The molecule has 4 rings (SSSR count). The minimum absolute atomic E-state index is 0.0342. The molecular weight excluding hydrogens is 336 g/mol. The highest BCUT2D eigenvalue weighted by Crippen LogP contribution is 2.63. The smallest absolute Gasteiger partial charge is 0.158 e. The zero-order chi connectivity index (χ0) is 19.2. The van der Waals surface area contributed by atoms with E-state index in [1.165, 1.54) is 30.4 Å². The SMILES string of the molecule is C#CC=C1C[C@H]2[C@@H]3CCC4=CC(=O)C(CCC(O)O)C[C@@H]4[C@H]3CC[C@]2(C)C1. The highest BCUT2D eigenvalue weighted by molar-refractivity contribution is 5.93. The van der Waals surface area contributed by atoms with E-state index in [2.05, 4.69) is 12.8 Å². The van der Waals surface area contributed by atoms with Crippen molar-refractivity contribution in [3.05, 3.63) is 23.3 Å². The maximum Gasteiger partial charge on any atom is 0.158 e. The second-order valence-electron chi connectivity index (χ2n) is 9.73. The van der Waals surface area contributed by atoms with Crippen molar-refractivity contribution in [1.82, 2.24) is 0 Å². The fraction of sp³-hybridized carbons (Fsp3) is 0.708. The van der Waals surface area contributed by atoms with Crippen LogP contribution in [0.25, 0.3) is 0 Å². The molecule has 3 fully saturated rings. The third kappa shape index (κ3) is 3.43. The second-order valence-corrected chi connectivity index (χ2v) is 9.73. The number of carbonyl (C=O) groups excluding carboxylic acids is 1. The summed E-state index contributed by atoms with van der Waals surface area (Å²) in [6.07, 6.45) is 17.1. The van der Waals surface area contributed by atoms with Gasteiger partial charge in [-0.3, -0.25) is 4.79 Å². The normalized spacial score (nSPS) is 42.3. The first-order valence-corrected chi connectivity index (χ1v) is 10.7. The average Bonchev–Trinajstić information content (AvgIpc) is 2.96. The second kappa shape index (κ2) is 7.22. The Kier molecular flexibility index (Phi) is 5.08. The molecule has 3 heteroatoms. The van der Waals surface area contributed by atoms with Gasteiger partial charge in [0.25, 0.3) is 0 Å². The van der Waals surface area contributed by atoms with Gasteiger partial charge in [0, 0.05) is 5.92 Å². The molecule has 2 N–H and O–H groups in total. The molecule has 0 spiro atoms. The van der Waals surface area contributed by atoms with Gasteiger partial charge in [-0.1, -0.05) is 24.0 Å². The van der Waals surface area contributed by atoms with Gasteiger partial charge in [-0.2, -0.15) is 0 Å². The predicted octanol–water partition coefficient (Wildman–Crippen LogP) is 4.00. The highest BCUT2D eigenvalue weighted by atomic mass is 16.5. The molecule has 0 amide bonds. The summed E-state index contributed by atoms with van der Waals surface area (Å²) in [7, 11) is 0. The van der Waals surface area contributed by atoms with Crippen molar-refractivity contribution in [2.45, 2.75) is 71.0 Å². The van der Waals surface area contributed by atoms with Crippen LogP contribution >= 0.6 is 0 Å². The zero-order valence-electron chi connectivity index (χ0n) is 16.4. The van der Waals surface area contributed by atoms with Gasteiger partial charge in [0.15, 0.2) is 12.1 Å². The lowest BCUT2D eigenvalue weighted by Gasteiger charge is -2.53. The van der Waals surface area contributed by atoms with Crippen molar-refractivity contribution < 1.29 is 15.0 Å². The number of carbonyl (C=O) groups is 1. The monoisotopic (exact) mass is 368 g/mol. The van der Waals surface area contributed by atoms with Gasteiger partial charge in [0.2, 0.25) is 0 Å². The predicted molar refractivity (Wildman–Crippen MR) is 105 cm³/mol. The van der Waals surface area contributed by atoms with E-state index < -0.39 is 6.29 Å². The lowest BCUT2D eigenvalue weighted by Crippen LogP contribution is -2.45. The summed E-state index contributed by atoms with van der Waals surface area (Å²) in [6, 6.07) is 0. The Bertz CT molecular complexity index is 710. The number of aliphatic hydroxyl groups excluding tert-OH is 1. The molecule has 0 radical (unpaired) electrons. The summed E-state index contributed by atoms with van der Waals surface area (Å²) >= 11 is 0. The van der Waals surface area contributed by atoms with Crippen LogP contribution in [0.5, 0.6) is 0 Å². The Morgan fingerprint density at radius 2 is 2.19 bits per heavy atom. The number of hydrogen-bond donors (Lipinski definition) is 2. The van der Waals surface area contributed by atoms with Crippen molar-refractivity contribution in [2.75, 3.05) is 0 Å². The van der Waals surface area contributed by atoms with E-state index in [1.54, 1.807) is 0 Å². The number of rotatable bonds is 3. The van der Waals surface area contributed by atoms with E-state index in [9.17, 15) is 15.0 Å². The number of aliphatic hydroxyl groups is 2. The first-order valence-electron chi connectivity index (χ1n) is 10.7. The van der Waals surface area contributed by atoms with Gasteiger partial charge < -0.3 is 10.2 Å². The maximum atomic E-state index is 12.5. The standard InChI is InChI=1S/C24H32O3/c1-3-4-15-11-21-19-7-5-16-13-22(25)17(6-8-23(26)27)12-20(16)18(19)9-10-24(21,2)14-15/h1,4,13,17-21,23,26-27H,5-12,14H2,2H3/t17?,18-,19+,20-,21-,24+/m0/s1. The Hall–Kier alpha value is -1.37. The average molecular weight is 369 g/mol. The molecule has 1 unspecified atom stereocenters. The fourth-order valence-corrected chi connectivity index (χ4v) is 6.98. The molecule has 0 bridgehead atoms. The summed E-state index contributed by atoms with van der Waals surface area (Å²) in [5, 5.41) is 18.4. The van der Waals surface area contributed by atoms with Crippen LogP contribution in [0.2, 0.25) is 0 Å². The van der Waals surface area contributed by atoms with E-state index in [0.29, 0.717) is 30.1 Å². The summed E-state index contributed by atoms with van der Waals surface area (Å²) in [6.45, 7) is 2.46. The van der Waals surface area contributed by atoms with E-state index in [-0.39, 0.29) is 11.7 Å². The van der Waals surface area contributed by atoms with Gasteiger partial charge >= 0.3 is 0 Å². The van der Waals surface area contributed by atoms with E-state index >= 15 is 0 Å². The summed E-state index contributed by atoms with van der Waals surface area (Å²) in [4.78, 5) is 12.5. The van der Waals surface area contributed by atoms with E-state index in [0.717, 1.165) is 37.5 Å². The Balaban J connectivity index is 1.54. The van der Waals surface area contributed by atoms with E-state index in [4.69, 9.17) is 6.42 Å². The van der Waals surface area contributed by atoms with Crippen LogP contribution in [0.15, 0.2) is 23.3 Å². The summed E-state index contributed by atoms with van der Waals surface area (Å²) in [5.74, 6) is 5.59. The molecule has 0 saturated heterocycles. The van der Waals surface area contributed by atoms with Crippen LogP contribution in [0.3, 0.4) is 0 Å². The third-order valence-electron chi connectivity index (χ3n) is 8.21. The van der Waals surface area contributed by atoms with Gasteiger partial charge in [-0.25, -0.2) is 0 Å². The number of fused-ring (bicyclic) bond motifs is 5. The van der Waals surface area contributed by atoms with Crippen LogP contribution in [0.1, 0.15) is 64.7 Å².